The van der Waals surface area contributed by atoms with Crippen LogP contribution in [0.3, 0.4) is 0 Å². The summed E-state index contributed by atoms with van der Waals surface area (Å²) in [6.07, 6.45) is 1.43. The highest BCUT2D eigenvalue weighted by atomic mass is 79.9. The number of nitrogens with zero attached hydrogens (tertiary/aromatic N) is 1. The number of alkyl halides is 1. The van der Waals surface area contributed by atoms with Gasteiger partial charge in [-0.05, 0) is 24.6 Å². The molecule has 0 atom stereocenters. The summed E-state index contributed by atoms with van der Waals surface area (Å²) in [5, 5.41) is 1.34. The van der Waals surface area contributed by atoms with E-state index in [-0.39, 0.29) is 0 Å². The molecule has 0 spiro atoms. The van der Waals surface area contributed by atoms with E-state index in [0.29, 0.717) is 10.4 Å². The van der Waals surface area contributed by atoms with E-state index in [1.165, 1.54) is 6.39 Å². The number of oxazole rings is 1. The molecular weight excluding hydrogens is 277 g/mol. The maximum atomic E-state index is 6.15. The molecule has 4 heteroatoms. The van der Waals surface area contributed by atoms with Gasteiger partial charge in [-0.3, -0.25) is 0 Å². The third kappa shape index (κ3) is 2.08. The summed E-state index contributed by atoms with van der Waals surface area (Å²) < 4.78 is 5.34. The van der Waals surface area contributed by atoms with Crippen molar-refractivity contribution in [2.75, 3.05) is 0 Å². The number of hydrogen-bond acceptors (Lipinski definition) is 2. The largest absolute Gasteiger partial charge is 0.443 e. The van der Waals surface area contributed by atoms with Crippen LogP contribution in [0.4, 0.5) is 0 Å². The highest BCUT2D eigenvalue weighted by molar-refractivity contribution is 9.08. The average Bonchev–Trinajstić information content (AvgIpc) is 2.65. The van der Waals surface area contributed by atoms with Gasteiger partial charge in [0.05, 0.1) is 10.7 Å². The van der Waals surface area contributed by atoms with Crippen LogP contribution >= 0.6 is 27.5 Å². The Hall–Kier alpha value is -0.800. The Morgan fingerprint density at radius 3 is 2.93 bits per heavy atom. The zero-order valence-electron chi connectivity index (χ0n) is 8.13. The fourth-order valence-electron chi connectivity index (χ4n) is 1.39. The highest BCUT2D eigenvalue weighted by Crippen LogP contribution is 2.31. The molecule has 0 amide bonds. The summed E-state index contributed by atoms with van der Waals surface area (Å²) in [6.45, 7) is 2.00. The van der Waals surface area contributed by atoms with Crippen molar-refractivity contribution in [3.63, 3.8) is 0 Å². The molecule has 15 heavy (non-hydrogen) atoms. The SMILES string of the molecule is Cc1ccc(-c2ocnc2CBr)c(Cl)c1. The van der Waals surface area contributed by atoms with Gasteiger partial charge < -0.3 is 4.42 Å². The molecule has 0 unspecified atom stereocenters. The van der Waals surface area contributed by atoms with Gasteiger partial charge in [-0.25, -0.2) is 4.98 Å². The Morgan fingerprint density at radius 2 is 2.27 bits per heavy atom. The van der Waals surface area contributed by atoms with Gasteiger partial charge in [0.1, 0.15) is 0 Å². The summed E-state index contributed by atoms with van der Waals surface area (Å²) in [5.41, 5.74) is 2.87. The molecular formula is C11H9BrClNO. The van der Waals surface area contributed by atoms with Crippen LogP contribution in [0.1, 0.15) is 11.3 Å². The van der Waals surface area contributed by atoms with Crippen LogP contribution in [0, 0.1) is 6.92 Å². The second-order valence-corrected chi connectivity index (χ2v) is 4.21. The first-order valence-electron chi connectivity index (χ1n) is 4.47. The molecule has 0 saturated carbocycles. The Balaban J connectivity index is 2.54. The smallest absolute Gasteiger partial charge is 0.181 e. The predicted octanol–water partition coefficient (Wildman–Crippen LogP) is 4.20. The first-order valence-corrected chi connectivity index (χ1v) is 5.97. The number of hydrogen-bond donors (Lipinski definition) is 0. The van der Waals surface area contributed by atoms with Crippen LogP contribution < -0.4 is 0 Å². The lowest BCUT2D eigenvalue weighted by Gasteiger charge is -2.02. The molecule has 0 aliphatic carbocycles. The Kier molecular flexibility index (Phi) is 3.12. The van der Waals surface area contributed by atoms with Gasteiger partial charge in [-0.2, -0.15) is 0 Å². The first kappa shape index (κ1) is 10.7. The zero-order valence-corrected chi connectivity index (χ0v) is 10.5. The van der Waals surface area contributed by atoms with Gasteiger partial charge in [-0.1, -0.05) is 33.6 Å². The lowest BCUT2D eigenvalue weighted by atomic mass is 10.1. The standard InChI is InChI=1S/C11H9BrClNO/c1-7-2-3-8(9(13)4-7)11-10(5-12)14-6-15-11/h2-4,6H,5H2,1H3. The van der Waals surface area contributed by atoms with E-state index in [0.717, 1.165) is 22.6 Å². The second kappa shape index (κ2) is 4.37. The minimum Gasteiger partial charge on any atom is -0.443 e. The van der Waals surface area contributed by atoms with Crippen LogP contribution in [0.25, 0.3) is 11.3 Å². The summed E-state index contributed by atoms with van der Waals surface area (Å²) in [6, 6.07) is 5.86. The van der Waals surface area contributed by atoms with Crippen molar-refractivity contribution in [1.29, 1.82) is 0 Å². The number of rotatable bonds is 2. The van der Waals surface area contributed by atoms with E-state index in [1.54, 1.807) is 0 Å². The molecule has 1 heterocycles. The van der Waals surface area contributed by atoms with Crippen LogP contribution in [-0.4, -0.2) is 4.98 Å². The number of aryl methyl sites for hydroxylation is 1. The van der Waals surface area contributed by atoms with E-state index in [4.69, 9.17) is 16.0 Å². The Morgan fingerprint density at radius 1 is 1.47 bits per heavy atom. The predicted molar refractivity (Wildman–Crippen MR) is 64.3 cm³/mol. The number of halogens is 2. The van der Waals surface area contributed by atoms with Gasteiger partial charge in [0.2, 0.25) is 0 Å². The van der Waals surface area contributed by atoms with Crippen molar-refractivity contribution in [3.8, 4) is 11.3 Å². The molecule has 2 aromatic rings. The Labute approximate surface area is 101 Å². The van der Waals surface area contributed by atoms with Crippen LogP contribution in [0.15, 0.2) is 29.0 Å². The van der Waals surface area contributed by atoms with Gasteiger partial charge in [-0.15, -0.1) is 0 Å². The quantitative estimate of drug-likeness (QED) is 0.773. The highest BCUT2D eigenvalue weighted by Gasteiger charge is 2.12. The monoisotopic (exact) mass is 285 g/mol. The van der Waals surface area contributed by atoms with Gasteiger partial charge in [0, 0.05) is 10.9 Å². The van der Waals surface area contributed by atoms with Crippen molar-refractivity contribution in [1.82, 2.24) is 4.98 Å². The minimum absolute atomic E-state index is 0.656. The third-order valence-corrected chi connectivity index (χ3v) is 2.98. The van der Waals surface area contributed by atoms with Crippen molar-refractivity contribution in [3.05, 3.63) is 40.9 Å². The molecule has 2 nitrogen and oxygen atoms in total. The molecule has 0 fully saturated rings. The zero-order chi connectivity index (χ0) is 10.8. The fourth-order valence-corrected chi connectivity index (χ4v) is 2.11. The van der Waals surface area contributed by atoms with Gasteiger partial charge >= 0.3 is 0 Å². The van der Waals surface area contributed by atoms with Crippen molar-refractivity contribution >= 4 is 27.5 Å². The molecule has 1 aromatic carbocycles. The lowest BCUT2D eigenvalue weighted by Crippen LogP contribution is -1.84. The third-order valence-electron chi connectivity index (χ3n) is 2.14. The number of benzene rings is 1. The second-order valence-electron chi connectivity index (χ2n) is 3.25. The fraction of sp³-hybridized carbons (Fsp3) is 0.182. The summed E-state index contributed by atoms with van der Waals surface area (Å²) >= 11 is 9.51. The molecule has 0 saturated heterocycles. The maximum absolute atomic E-state index is 6.15. The topological polar surface area (TPSA) is 26.0 Å². The molecule has 0 aliphatic heterocycles. The molecule has 0 N–H and O–H groups in total. The normalized spacial score (nSPS) is 10.6. The van der Waals surface area contributed by atoms with Crippen LogP contribution in [0.5, 0.6) is 0 Å². The molecule has 1 aromatic heterocycles. The van der Waals surface area contributed by atoms with E-state index < -0.39 is 0 Å². The molecule has 0 aliphatic rings. The molecule has 0 radical (unpaired) electrons. The lowest BCUT2D eigenvalue weighted by molar-refractivity contribution is 0.571. The van der Waals surface area contributed by atoms with Crippen molar-refractivity contribution in [2.45, 2.75) is 12.3 Å². The van der Waals surface area contributed by atoms with Gasteiger partial charge in [0.15, 0.2) is 12.2 Å². The first-order chi connectivity index (χ1) is 7.22. The Bertz CT molecular complexity index is 481. The van der Waals surface area contributed by atoms with Crippen molar-refractivity contribution < 1.29 is 4.42 Å². The molecule has 2 rings (SSSR count). The van der Waals surface area contributed by atoms with Crippen LogP contribution in [-0.2, 0) is 5.33 Å². The maximum Gasteiger partial charge on any atom is 0.181 e. The molecule has 78 valence electrons. The average molecular weight is 287 g/mol. The molecule has 0 bridgehead atoms. The van der Waals surface area contributed by atoms with E-state index >= 15 is 0 Å². The van der Waals surface area contributed by atoms with E-state index in [9.17, 15) is 0 Å². The van der Waals surface area contributed by atoms with E-state index in [2.05, 4.69) is 20.9 Å². The van der Waals surface area contributed by atoms with Crippen molar-refractivity contribution in [2.24, 2.45) is 0 Å². The summed E-state index contributed by atoms with van der Waals surface area (Å²) in [4.78, 5) is 4.10. The minimum atomic E-state index is 0.656. The van der Waals surface area contributed by atoms with Crippen LogP contribution in [0.2, 0.25) is 5.02 Å². The van der Waals surface area contributed by atoms with Gasteiger partial charge in [0.25, 0.3) is 0 Å². The summed E-state index contributed by atoms with van der Waals surface area (Å²) in [7, 11) is 0. The van der Waals surface area contributed by atoms with E-state index in [1.807, 2.05) is 25.1 Å². The summed E-state index contributed by atoms with van der Waals surface area (Å²) in [5.74, 6) is 0.733. The number of aromatic nitrogens is 1.